The number of carbonyl (C=O) groups is 2. The Labute approximate surface area is 114 Å². The molecule has 0 saturated carbocycles. The smallest absolute Gasteiger partial charge is 0.326 e. The quantitative estimate of drug-likeness (QED) is 0.898. The van der Waals surface area contributed by atoms with Crippen molar-refractivity contribution in [2.45, 2.75) is 26.3 Å². The molecular formula is C13H14N2O3S. The lowest BCUT2D eigenvalue weighted by molar-refractivity contribution is -0.139. The highest BCUT2D eigenvalue weighted by Crippen LogP contribution is 2.22. The highest BCUT2D eigenvalue weighted by molar-refractivity contribution is 7.18. The van der Waals surface area contributed by atoms with Gasteiger partial charge in [-0.2, -0.15) is 0 Å². The van der Waals surface area contributed by atoms with Crippen molar-refractivity contribution in [3.63, 3.8) is 0 Å². The van der Waals surface area contributed by atoms with Crippen LogP contribution in [0.15, 0.2) is 18.2 Å². The number of hydrogen-bond donors (Lipinski definition) is 2. The van der Waals surface area contributed by atoms with Crippen LogP contribution in [0.2, 0.25) is 0 Å². The molecule has 5 nitrogen and oxygen atoms in total. The molecule has 1 amide bonds. The fourth-order valence-corrected chi connectivity index (χ4v) is 2.57. The Morgan fingerprint density at radius 1 is 1.47 bits per heavy atom. The minimum Gasteiger partial charge on any atom is -0.480 e. The molecule has 1 atom stereocenters. The summed E-state index contributed by atoms with van der Waals surface area (Å²) in [6.07, 6.45) is 0.346. The van der Waals surface area contributed by atoms with E-state index in [1.54, 1.807) is 30.4 Å². The number of fused-ring (bicyclic) bond motifs is 1. The lowest BCUT2D eigenvalue weighted by Crippen LogP contribution is -2.40. The number of aryl methyl sites for hydroxylation is 1. The number of rotatable bonds is 4. The molecule has 0 radical (unpaired) electrons. The molecule has 0 spiro atoms. The maximum absolute atomic E-state index is 12.0. The van der Waals surface area contributed by atoms with Crippen molar-refractivity contribution in [3.05, 3.63) is 28.8 Å². The zero-order valence-electron chi connectivity index (χ0n) is 10.6. The second-order valence-electron chi connectivity index (χ2n) is 4.19. The molecule has 0 aliphatic heterocycles. The number of carbonyl (C=O) groups excluding carboxylic acids is 1. The van der Waals surface area contributed by atoms with E-state index in [0.29, 0.717) is 12.0 Å². The zero-order chi connectivity index (χ0) is 14.0. The summed E-state index contributed by atoms with van der Waals surface area (Å²) < 4.78 is 1.01. The van der Waals surface area contributed by atoms with Gasteiger partial charge in [0, 0.05) is 5.56 Å². The van der Waals surface area contributed by atoms with E-state index in [0.717, 1.165) is 15.2 Å². The molecule has 2 aromatic rings. The number of carboxylic acids is 1. The number of benzene rings is 1. The van der Waals surface area contributed by atoms with E-state index >= 15 is 0 Å². The van der Waals surface area contributed by atoms with Gasteiger partial charge in [-0.15, -0.1) is 11.3 Å². The zero-order valence-corrected chi connectivity index (χ0v) is 11.5. The van der Waals surface area contributed by atoms with Crippen molar-refractivity contribution in [1.29, 1.82) is 0 Å². The molecule has 19 heavy (non-hydrogen) atoms. The average molecular weight is 278 g/mol. The van der Waals surface area contributed by atoms with E-state index in [1.165, 1.54) is 0 Å². The van der Waals surface area contributed by atoms with E-state index in [4.69, 9.17) is 5.11 Å². The van der Waals surface area contributed by atoms with Crippen molar-refractivity contribution in [3.8, 4) is 0 Å². The van der Waals surface area contributed by atoms with E-state index in [-0.39, 0.29) is 5.91 Å². The van der Waals surface area contributed by atoms with Gasteiger partial charge in [0.05, 0.1) is 15.2 Å². The van der Waals surface area contributed by atoms with Gasteiger partial charge in [-0.3, -0.25) is 4.79 Å². The Balaban J connectivity index is 2.23. The van der Waals surface area contributed by atoms with Crippen LogP contribution in [0.5, 0.6) is 0 Å². The van der Waals surface area contributed by atoms with E-state index in [1.807, 2.05) is 13.0 Å². The summed E-state index contributed by atoms with van der Waals surface area (Å²) in [6.45, 7) is 3.62. The predicted molar refractivity (Wildman–Crippen MR) is 73.5 cm³/mol. The molecule has 2 rings (SSSR count). The summed E-state index contributed by atoms with van der Waals surface area (Å²) in [5, 5.41) is 12.3. The van der Waals surface area contributed by atoms with Crippen LogP contribution < -0.4 is 5.32 Å². The van der Waals surface area contributed by atoms with E-state index < -0.39 is 12.0 Å². The number of carboxylic acid groups (broad SMARTS) is 1. The van der Waals surface area contributed by atoms with Crippen LogP contribution >= 0.6 is 11.3 Å². The van der Waals surface area contributed by atoms with Gasteiger partial charge in [0.25, 0.3) is 5.91 Å². The van der Waals surface area contributed by atoms with Crippen LogP contribution in [0.25, 0.3) is 10.2 Å². The molecular weight excluding hydrogens is 264 g/mol. The van der Waals surface area contributed by atoms with Gasteiger partial charge in [0.1, 0.15) is 6.04 Å². The number of nitrogens with zero attached hydrogens (tertiary/aromatic N) is 1. The molecule has 2 N–H and O–H groups in total. The van der Waals surface area contributed by atoms with Gasteiger partial charge in [-0.1, -0.05) is 6.92 Å². The first-order valence-corrected chi connectivity index (χ1v) is 6.73. The Kier molecular flexibility index (Phi) is 3.80. The summed E-state index contributed by atoms with van der Waals surface area (Å²) >= 11 is 1.56. The van der Waals surface area contributed by atoms with Crippen LogP contribution in [0, 0.1) is 6.92 Å². The first kappa shape index (κ1) is 13.5. The number of thiazole rings is 1. The lowest BCUT2D eigenvalue weighted by atomic mass is 10.1. The molecule has 100 valence electrons. The number of aromatic nitrogens is 1. The Bertz CT molecular complexity index is 636. The minimum absolute atomic E-state index is 0.346. The summed E-state index contributed by atoms with van der Waals surface area (Å²) in [5.74, 6) is -1.41. The monoisotopic (exact) mass is 278 g/mol. The first-order valence-electron chi connectivity index (χ1n) is 5.92. The molecule has 1 heterocycles. The largest absolute Gasteiger partial charge is 0.480 e. The molecule has 0 aliphatic carbocycles. The molecule has 0 bridgehead atoms. The fourth-order valence-electron chi connectivity index (χ4n) is 1.76. The molecule has 0 saturated heterocycles. The Morgan fingerprint density at radius 2 is 2.21 bits per heavy atom. The van der Waals surface area contributed by atoms with Gasteiger partial charge >= 0.3 is 5.97 Å². The normalized spacial score (nSPS) is 12.3. The maximum atomic E-state index is 12.0. The lowest BCUT2D eigenvalue weighted by Gasteiger charge is -2.11. The van der Waals surface area contributed by atoms with Gasteiger partial charge in [0.15, 0.2) is 0 Å². The van der Waals surface area contributed by atoms with Crippen molar-refractivity contribution in [2.75, 3.05) is 0 Å². The second kappa shape index (κ2) is 5.36. The number of hydrogen-bond acceptors (Lipinski definition) is 4. The molecule has 0 fully saturated rings. The van der Waals surface area contributed by atoms with Crippen LogP contribution in [0.1, 0.15) is 28.7 Å². The highest BCUT2D eigenvalue weighted by atomic mass is 32.1. The molecule has 6 heteroatoms. The van der Waals surface area contributed by atoms with Crippen molar-refractivity contribution < 1.29 is 14.7 Å². The van der Waals surface area contributed by atoms with Crippen LogP contribution in [-0.4, -0.2) is 28.0 Å². The Hall–Kier alpha value is -1.95. The molecule has 1 aromatic heterocycles. The maximum Gasteiger partial charge on any atom is 0.326 e. The third-order valence-electron chi connectivity index (χ3n) is 2.77. The summed E-state index contributed by atoms with van der Waals surface area (Å²) in [7, 11) is 0. The fraction of sp³-hybridized carbons (Fsp3) is 0.308. The van der Waals surface area contributed by atoms with Crippen LogP contribution in [-0.2, 0) is 4.79 Å². The van der Waals surface area contributed by atoms with Gasteiger partial charge < -0.3 is 10.4 Å². The van der Waals surface area contributed by atoms with Crippen molar-refractivity contribution >= 4 is 33.4 Å². The van der Waals surface area contributed by atoms with Gasteiger partial charge in [-0.05, 0) is 31.5 Å². The number of amides is 1. The van der Waals surface area contributed by atoms with Gasteiger partial charge in [-0.25, -0.2) is 9.78 Å². The predicted octanol–water partition coefficient (Wildman–Crippen LogP) is 2.20. The SMILES string of the molecule is CC[C@@H](NC(=O)c1ccc2sc(C)nc2c1)C(=O)O. The third-order valence-corrected chi connectivity index (χ3v) is 3.72. The molecule has 0 unspecified atom stereocenters. The van der Waals surface area contributed by atoms with Gasteiger partial charge in [0.2, 0.25) is 0 Å². The summed E-state index contributed by atoms with van der Waals surface area (Å²) in [4.78, 5) is 27.2. The van der Waals surface area contributed by atoms with Crippen LogP contribution in [0.3, 0.4) is 0 Å². The standard InChI is InChI=1S/C13H14N2O3S/c1-3-9(13(17)18)15-12(16)8-4-5-11-10(6-8)14-7(2)19-11/h4-6,9H,3H2,1-2H3,(H,15,16)(H,17,18)/t9-/m1/s1. The number of nitrogens with one attached hydrogen (secondary N) is 1. The second-order valence-corrected chi connectivity index (χ2v) is 5.42. The topological polar surface area (TPSA) is 79.3 Å². The van der Waals surface area contributed by atoms with E-state index in [9.17, 15) is 9.59 Å². The average Bonchev–Trinajstić information content (AvgIpc) is 2.74. The van der Waals surface area contributed by atoms with E-state index in [2.05, 4.69) is 10.3 Å². The Morgan fingerprint density at radius 3 is 2.84 bits per heavy atom. The molecule has 0 aliphatic rings. The van der Waals surface area contributed by atoms with Crippen molar-refractivity contribution in [2.24, 2.45) is 0 Å². The third kappa shape index (κ3) is 2.90. The highest BCUT2D eigenvalue weighted by Gasteiger charge is 2.18. The first-order chi connectivity index (χ1) is 9.01. The number of aliphatic carboxylic acids is 1. The summed E-state index contributed by atoms with van der Waals surface area (Å²) in [5.41, 5.74) is 1.19. The van der Waals surface area contributed by atoms with Crippen LogP contribution in [0.4, 0.5) is 0 Å². The van der Waals surface area contributed by atoms with Crippen molar-refractivity contribution in [1.82, 2.24) is 10.3 Å². The summed E-state index contributed by atoms with van der Waals surface area (Å²) in [6, 6.07) is 4.34. The molecule has 1 aromatic carbocycles. The minimum atomic E-state index is -1.03.